The minimum Gasteiger partial charge on any atom is -0.385 e. The van der Waals surface area contributed by atoms with Gasteiger partial charge in [-0.15, -0.1) is 0 Å². The molecule has 158 valence electrons. The number of aromatic nitrogens is 3. The van der Waals surface area contributed by atoms with E-state index < -0.39 is 5.91 Å². The first-order valence-electron chi connectivity index (χ1n) is 10.1. The lowest BCUT2D eigenvalue weighted by Crippen LogP contribution is -2.38. The summed E-state index contributed by atoms with van der Waals surface area (Å²) >= 11 is 0. The topological polar surface area (TPSA) is 111 Å². The summed E-state index contributed by atoms with van der Waals surface area (Å²) in [5, 5.41) is 11.8. The average molecular weight is 411 g/mol. The molecule has 2 N–H and O–H groups in total. The van der Waals surface area contributed by atoms with Crippen molar-refractivity contribution < 1.29 is 14.3 Å². The van der Waals surface area contributed by atoms with Gasteiger partial charge in [0.25, 0.3) is 11.5 Å². The number of nitrogens with zero attached hydrogens (tertiary/aromatic N) is 3. The van der Waals surface area contributed by atoms with Crippen molar-refractivity contribution in [2.24, 2.45) is 0 Å². The van der Waals surface area contributed by atoms with Crippen LogP contribution >= 0.6 is 0 Å². The summed E-state index contributed by atoms with van der Waals surface area (Å²) in [6.45, 7) is 1.99. The van der Waals surface area contributed by atoms with Gasteiger partial charge in [-0.2, -0.15) is 0 Å². The third-order valence-electron chi connectivity index (χ3n) is 5.31. The van der Waals surface area contributed by atoms with Gasteiger partial charge in [0.2, 0.25) is 0 Å². The molecular formula is C21H25N5O4. The summed E-state index contributed by atoms with van der Waals surface area (Å²) < 4.78 is 13.7. The number of rotatable bonds is 7. The molecule has 0 saturated carbocycles. The summed E-state index contributed by atoms with van der Waals surface area (Å²) in [5.41, 5.74) is 0.779. The van der Waals surface area contributed by atoms with Crippen LogP contribution in [0.25, 0.3) is 16.7 Å². The van der Waals surface area contributed by atoms with Crippen LogP contribution in [0.2, 0.25) is 0 Å². The molecule has 3 aromatic heterocycles. The molecule has 1 aliphatic rings. The Morgan fingerprint density at radius 2 is 2.30 bits per heavy atom. The molecule has 1 saturated heterocycles. The van der Waals surface area contributed by atoms with Gasteiger partial charge in [0.15, 0.2) is 0 Å². The van der Waals surface area contributed by atoms with E-state index in [-0.39, 0.29) is 22.7 Å². The summed E-state index contributed by atoms with van der Waals surface area (Å²) in [6.07, 6.45) is 4.15. The maximum absolute atomic E-state index is 13.1. The zero-order valence-electron chi connectivity index (χ0n) is 16.9. The molecule has 0 spiro atoms. The van der Waals surface area contributed by atoms with Gasteiger partial charge in [-0.3, -0.25) is 19.4 Å². The summed E-state index contributed by atoms with van der Waals surface area (Å²) in [7, 11) is 1.61. The third-order valence-corrected chi connectivity index (χ3v) is 5.31. The fourth-order valence-corrected chi connectivity index (χ4v) is 3.75. The van der Waals surface area contributed by atoms with E-state index in [1.807, 2.05) is 0 Å². The van der Waals surface area contributed by atoms with Crippen LogP contribution in [0, 0.1) is 5.41 Å². The van der Waals surface area contributed by atoms with Gasteiger partial charge in [-0.25, -0.2) is 4.98 Å². The fraction of sp³-hybridized carbons (Fsp3) is 0.429. The van der Waals surface area contributed by atoms with Crippen molar-refractivity contribution in [3.05, 3.63) is 51.9 Å². The van der Waals surface area contributed by atoms with Crippen LogP contribution in [-0.4, -0.2) is 52.8 Å². The summed E-state index contributed by atoms with van der Waals surface area (Å²) in [6, 6.07) is 6.77. The number of hydrogen-bond acceptors (Lipinski definition) is 6. The lowest BCUT2D eigenvalue weighted by Gasteiger charge is -2.15. The van der Waals surface area contributed by atoms with Crippen LogP contribution < -0.4 is 16.4 Å². The Hall–Kier alpha value is -3.04. The molecule has 1 atom stereocenters. The summed E-state index contributed by atoms with van der Waals surface area (Å²) in [5.74, 6) is -0.393. The second kappa shape index (κ2) is 8.76. The third kappa shape index (κ3) is 3.86. The molecule has 0 bridgehead atoms. The van der Waals surface area contributed by atoms with Crippen LogP contribution in [0.4, 0.5) is 0 Å². The quantitative estimate of drug-likeness (QED) is 0.446. The Labute approximate surface area is 172 Å². The Kier molecular flexibility index (Phi) is 5.91. The molecule has 0 unspecified atom stereocenters. The van der Waals surface area contributed by atoms with Crippen molar-refractivity contribution in [3.63, 3.8) is 0 Å². The first-order valence-corrected chi connectivity index (χ1v) is 10.1. The first kappa shape index (κ1) is 20.2. The van der Waals surface area contributed by atoms with Gasteiger partial charge in [0, 0.05) is 39.6 Å². The minimum atomic E-state index is -0.393. The van der Waals surface area contributed by atoms with Gasteiger partial charge in [-0.1, -0.05) is 6.07 Å². The number of fused-ring (bicyclic) bond motifs is 2. The van der Waals surface area contributed by atoms with Gasteiger partial charge < -0.3 is 19.4 Å². The number of hydrogen-bond donors (Lipinski definition) is 2. The summed E-state index contributed by atoms with van der Waals surface area (Å²) in [4.78, 5) is 30.6. The molecule has 0 radical (unpaired) electrons. The standard InChI is InChI=1S/C21H25N5O4/c1-29-10-5-9-26-18(22)15(20(27)23-13-14-6-4-11-30-14)12-16-19(26)24-17-7-2-3-8-25(17)21(16)28/h2-3,7-8,12,14,22H,4-6,9-11,13H2,1H3,(H,23,27)/t14-/m0/s1. The van der Waals surface area contributed by atoms with Crippen LogP contribution in [-0.2, 0) is 16.0 Å². The van der Waals surface area contributed by atoms with Gasteiger partial charge in [0.1, 0.15) is 16.8 Å². The maximum atomic E-state index is 13.1. The van der Waals surface area contributed by atoms with E-state index in [9.17, 15) is 9.59 Å². The lowest BCUT2D eigenvalue weighted by molar-refractivity contribution is 0.0855. The van der Waals surface area contributed by atoms with Crippen LogP contribution in [0.5, 0.6) is 0 Å². The number of methoxy groups -OCH3 is 1. The molecule has 9 nitrogen and oxygen atoms in total. The van der Waals surface area contributed by atoms with Crippen LogP contribution in [0.3, 0.4) is 0 Å². The number of amides is 1. The molecule has 1 aliphatic heterocycles. The molecule has 9 heteroatoms. The highest BCUT2D eigenvalue weighted by Gasteiger charge is 2.20. The van der Waals surface area contributed by atoms with Crippen molar-refractivity contribution in [1.82, 2.24) is 19.3 Å². The fourth-order valence-electron chi connectivity index (χ4n) is 3.75. The van der Waals surface area contributed by atoms with Gasteiger partial charge >= 0.3 is 0 Å². The number of ether oxygens (including phenoxy) is 2. The van der Waals surface area contributed by atoms with E-state index in [0.717, 1.165) is 12.8 Å². The van der Waals surface area contributed by atoms with Crippen molar-refractivity contribution in [2.75, 3.05) is 26.9 Å². The lowest BCUT2D eigenvalue weighted by atomic mass is 10.1. The van der Waals surface area contributed by atoms with E-state index in [1.165, 1.54) is 10.5 Å². The van der Waals surface area contributed by atoms with Crippen molar-refractivity contribution >= 4 is 22.6 Å². The molecule has 1 fully saturated rings. The zero-order valence-corrected chi connectivity index (χ0v) is 16.9. The smallest absolute Gasteiger partial charge is 0.267 e. The molecular weight excluding hydrogens is 386 g/mol. The van der Waals surface area contributed by atoms with E-state index in [4.69, 9.17) is 14.9 Å². The van der Waals surface area contributed by atoms with Gasteiger partial charge in [-0.05, 0) is 37.5 Å². The molecule has 30 heavy (non-hydrogen) atoms. The molecule has 4 heterocycles. The Bertz CT molecular complexity index is 1190. The van der Waals surface area contributed by atoms with Gasteiger partial charge in [0.05, 0.1) is 17.1 Å². The number of nitrogens with one attached hydrogen (secondary N) is 2. The Morgan fingerprint density at radius 3 is 3.07 bits per heavy atom. The Morgan fingerprint density at radius 1 is 1.43 bits per heavy atom. The SMILES string of the molecule is COCCCn1c(=N)c(C(=O)NC[C@@H]2CCCO2)cc2c(=O)n3ccccc3nc21. The zero-order chi connectivity index (χ0) is 21.1. The largest absolute Gasteiger partial charge is 0.385 e. The van der Waals surface area contributed by atoms with Crippen molar-refractivity contribution in [2.45, 2.75) is 31.9 Å². The predicted molar refractivity (Wildman–Crippen MR) is 111 cm³/mol. The highest BCUT2D eigenvalue weighted by atomic mass is 16.5. The first-order chi connectivity index (χ1) is 14.6. The highest BCUT2D eigenvalue weighted by Crippen LogP contribution is 2.13. The monoisotopic (exact) mass is 411 g/mol. The van der Waals surface area contributed by atoms with E-state index in [2.05, 4.69) is 10.3 Å². The number of carbonyl (C=O) groups excluding carboxylic acids is 1. The highest BCUT2D eigenvalue weighted by molar-refractivity contribution is 5.96. The molecule has 0 aliphatic carbocycles. The number of pyridine rings is 2. The van der Waals surface area contributed by atoms with E-state index in [1.54, 1.807) is 36.1 Å². The van der Waals surface area contributed by atoms with Crippen molar-refractivity contribution in [1.29, 1.82) is 5.41 Å². The van der Waals surface area contributed by atoms with Crippen molar-refractivity contribution in [3.8, 4) is 0 Å². The van der Waals surface area contributed by atoms with E-state index in [0.29, 0.717) is 49.4 Å². The van der Waals surface area contributed by atoms with E-state index >= 15 is 0 Å². The predicted octanol–water partition coefficient (Wildman–Crippen LogP) is 1.07. The molecule has 1 amide bonds. The maximum Gasteiger partial charge on any atom is 0.267 e. The molecule has 3 aromatic rings. The minimum absolute atomic E-state index is 0.00588. The molecule has 0 aromatic carbocycles. The Balaban J connectivity index is 1.81. The second-order valence-corrected chi connectivity index (χ2v) is 7.33. The van der Waals surface area contributed by atoms with Crippen LogP contribution in [0.1, 0.15) is 29.6 Å². The average Bonchev–Trinajstić information content (AvgIpc) is 3.27. The van der Waals surface area contributed by atoms with Crippen LogP contribution in [0.15, 0.2) is 35.3 Å². The number of aryl methyl sites for hydroxylation is 1. The number of carbonyl (C=O) groups is 1. The normalized spacial score (nSPS) is 16.4. The second-order valence-electron chi connectivity index (χ2n) is 7.33. The molecule has 4 rings (SSSR count).